The molecule has 3 heteroatoms. The molecular formula is C34H44O3. The van der Waals surface area contributed by atoms with Crippen LogP contribution in [0.25, 0.3) is 22.3 Å². The highest BCUT2D eigenvalue weighted by Crippen LogP contribution is 2.33. The molecule has 0 fully saturated rings. The van der Waals surface area contributed by atoms with Gasteiger partial charge in [-0.3, -0.25) is 4.79 Å². The van der Waals surface area contributed by atoms with E-state index in [1.54, 1.807) is 0 Å². The number of esters is 1. The zero-order valence-corrected chi connectivity index (χ0v) is 23.0. The molecule has 0 aliphatic heterocycles. The van der Waals surface area contributed by atoms with Crippen LogP contribution in [0, 0.1) is 0 Å². The number of hydrogen-bond acceptors (Lipinski definition) is 3. The van der Waals surface area contributed by atoms with Gasteiger partial charge in [0.15, 0.2) is 0 Å². The topological polar surface area (TPSA) is 35.5 Å². The second kappa shape index (κ2) is 15.9. The van der Waals surface area contributed by atoms with Crippen molar-refractivity contribution in [3.05, 3.63) is 78.4 Å². The van der Waals surface area contributed by atoms with Gasteiger partial charge in [0.25, 0.3) is 0 Å². The Kier molecular flexibility index (Phi) is 12.3. The standard InChI is InChI=1S/C34H44O3/c1-4-6-8-10-11-17-34(35)37-27(3)28-18-20-29(21-19-28)32-15-12-13-16-33(32)30-22-24-31(25-23-30)36-26-14-9-7-5-2/h12-13,15-16,18-25,27H,4-11,14,17,26H2,1-3H3. The summed E-state index contributed by atoms with van der Waals surface area (Å²) in [6.07, 6.45) is 10.7. The summed E-state index contributed by atoms with van der Waals surface area (Å²) in [4.78, 5) is 12.2. The summed E-state index contributed by atoms with van der Waals surface area (Å²) in [6.45, 7) is 7.14. The zero-order chi connectivity index (χ0) is 26.3. The number of rotatable bonds is 16. The van der Waals surface area contributed by atoms with Crippen LogP contribution in [-0.2, 0) is 9.53 Å². The zero-order valence-electron chi connectivity index (χ0n) is 23.0. The number of carbonyl (C=O) groups excluding carboxylic acids is 1. The Bertz CT molecular complexity index is 1050. The molecule has 0 saturated heterocycles. The molecule has 1 atom stereocenters. The molecule has 0 aromatic heterocycles. The van der Waals surface area contributed by atoms with Crippen LogP contribution in [0.3, 0.4) is 0 Å². The van der Waals surface area contributed by atoms with Crippen LogP contribution in [0.1, 0.15) is 96.6 Å². The predicted molar refractivity (Wildman–Crippen MR) is 155 cm³/mol. The van der Waals surface area contributed by atoms with E-state index in [9.17, 15) is 4.79 Å². The van der Waals surface area contributed by atoms with E-state index in [1.807, 2.05) is 6.92 Å². The summed E-state index contributed by atoms with van der Waals surface area (Å²) in [5.41, 5.74) is 5.69. The van der Waals surface area contributed by atoms with Crippen LogP contribution in [-0.4, -0.2) is 12.6 Å². The average molecular weight is 501 g/mol. The van der Waals surface area contributed by atoms with Gasteiger partial charge in [-0.25, -0.2) is 0 Å². The van der Waals surface area contributed by atoms with E-state index < -0.39 is 0 Å². The van der Waals surface area contributed by atoms with Crippen molar-refractivity contribution in [1.29, 1.82) is 0 Å². The van der Waals surface area contributed by atoms with E-state index >= 15 is 0 Å². The maximum Gasteiger partial charge on any atom is 0.306 e. The lowest BCUT2D eigenvalue weighted by atomic mass is 9.94. The van der Waals surface area contributed by atoms with Crippen LogP contribution in [0.15, 0.2) is 72.8 Å². The van der Waals surface area contributed by atoms with Crippen LogP contribution in [0.4, 0.5) is 0 Å². The summed E-state index contributed by atoms with van der Waals surface area (Å²) in [7, 11) is 0. The number of ether oxygens (including phenoxy) is 2. The molecule has 3 aromatic carbocycles. The second-order valence-electron chi connectivity index (χ2n) is 9.90. The molecule has 0 heterocycles. The maximum absolute atomic E-state index is 12.2. The Hall–Kier alpha value is -3.07. The monoisotopic (exact) mass is 500 g/mol. The van der Waals surface area contributed by atoms with Gasteiger partial charge in [0.2, 0.25) is 0 Å². The van der Waals surface area contributed by atoms with Gasteiger partial charge in [0.05, 0.1) is 6.61 Å². The van der Waals surface area contributed by atoms with Gasteiger partial charge in [-0.05, 0) is 59.7 Å². The van der Waals surface area contributed by atoms with E-state index in [2.05, 4.69) is 86.6 Å². The number of benzene rings is 3. The van der Waals surface area contributed by atoms with Gasteiger partial charge in [0.1, 0.15) is 11.9 Å². The number of unbranched alkanes of at least 4 members (excludes halogenated alkanes) is 7. The first-order chi connectivity index (χ1) is 18.1. The fourth-order valence-corrected chi connectivity index (χ4v) is 4.57. The summed E-state index contributed by atoms with van der Waals surface area (Å²) < 4.78 is 11.6. The molecule has 0 bridgehead atoms. The van der Waals surface area contributed by atoms with Gasteiger partial charge in [0, 0.05) is 6.42 Å². The Balaban J connectivity index is 1.60. The molecule has 37 heavy (non-hydrogen) atoms. The molecule has 0 saturated carbocycles. The normalized spacial score (nSPS) is 11.8. The predicted octanol–water partition coefficient (Wildman–Crippen LogP) is 9.94. The summed E-state index contributed by atoms with van der Waals surface area (Å²) in [5, 5.41) is 0. The molecule has 0 aliphatic carbocycles. The summed E-state index contributed by atoms with van der Waals surface area (Å²) in [6, 6.07) is 25.3. The van der Waals surface area contributed by atoms with E-state index in [0.29, 0.717) is 6.42 Å². The molecular weight excluding hydrogens is 456 g/mol. The van der Waals surface area contributed by atoms with Gasteiger partial charge < -0.3 is 9.47 Å². The minimum Gasteiger partial charge on any atom is -0.494 e. The first-order valence-electron chi connectivity index (χ1n) is 14.2. The Morgan fingerprint density at radius 3 is 1.81 bits per heavy atom. The largest absolute Gasteiger partial charge is 0.494 e. The lowest BCUT2D eigenvalue weighted by molar-refractivity contribution is -0.148. The minimum absolute atomic E-state index is 0.105. The molecule has 0 aliphatic rings. The van der Waals surface area contributed by atoms with Gasteiger partial charge >= 0.3 is 5.97 Å². The highest BCUT2D eigenvalue weighted by Gasteiger charge is 2.13. The van der Waals surface area contributed by atoms with Crippen molar-refractivity contribution in [2.45, 2.75) is 91.1 Å². The second-order valence-corrected chi connectivity index (χ2v) is 9.90. The SMILES string of the molecule is CCCCCCCC(=O)OC(C)c1ccc(-c2ccccc2-c2ccc(OCCCCCC)cc2)cc1. The van der Waals surface area contributed by atoms with Crippen LogP contribution < -0.4 is 4.74 Å². The first kappa shape index (κ1) is 28.5. The molecule has 0 radical (unpaired) electrons. The third-order valence-corrected chi connectivity index (χ3v) is 6.84. The lowest BCUT2D eigenvalue weighted by Crippen LogP contribution is -2.08. The molecule has 0 spiro atoms. The van der Waals surface area contributed by atoms with Gasteiger partial charge in [-0.2, -0.15) is 0 Å². The summed E-state index contributed by atoms with van der Waals surface area (Å²) >= 11 is 0. The van der Waals surface area contributed by atoms with E-state index in [1.165, 1.54) is 55.2 Å². The molecule has 0 N–H and O–H groups in total. The highest BCUT2D eigenvalue weighted by atomic mass is 16.5. The van der Waals surface area contributed by atoms with Gasteiger partial charge in [-0.1, -0.05) is 119 Å². The Labute approximate surface area is 224 Å². The number of carbonyl (C=O) groups is 1. The molecule has 3 rings (SSSR count). The van der Waals surface area contributed by atoms with Crippen molar-refractivity contribution >= 4 is 5.97 Å². The molecule has 3 nitrogen and oxygen atoms in total. The van der Waals surface area contributed by atoms with Crippen LogP contribution >= 0.6 is 0 Å². The van der Waals surface area contributed by atoms with Crippen LogP contribution in [0.5, 0.6) is 5.75 Å². The van der Waals surface area contributed by atoms with Crippen molar-refractivity contribution < 1.29 is 14.3 Å². The minimum atomic E-state index is -0.248. The quantitative estimate of drug-likeness (QED) is 0.145. The fraction of sp³-hybridized carbons (Fsp3) is 0.441. The van der Waals surface area contributed by atoms with E-state index in [4.69, 9.17) is 9.47 Å². The Morgan fingerprint density at radius 1 is 0.676 bits per heavy atom. The highest BCUT2D eigenvalue weighted by molar-refractivity contribution is 5.83. The van der Waals surface area contributed by atoms with E-state index in [0.717, 1.165) is 42.7 Å². The van der Waals surface area contributed by atoms with E-state index in [-0.39, 0.29) is 12.1 Å². The van der Waals surface area contributed by atoms with Crippen molar-refractivity contribution in [1.82, 2.24) is 0 Å². The molecule has 1 unspecified atom stereocenters. The van der Waals surface area contributed by atoms with Crippen molar-refractivity contribution in [2.24, 2.45) is 0 Å². The van der Waals surface area contributed by atoms with Crippen LogP contribution in [0.2, 0.25) is 0 Å². The maximum atomic E-state index is 12.2. The summed E-state index contributed by atoms with van der Waals surface area (Å²) in [5.74, 6) is 0.818. The molecule has 198 valence electrons. The van der Waals surface area contributed by atoms with Crippen molar-refractivity contribution in [3.8, 4) is 28.0 Å². The third-order valence-electron chi connectivity index (χ3n) is 6.84. The number of hydrogen-bond donors (Lipinski definition) is 0. The van der Waals surface area contributed by atoms with Gasteiger partial charge in [-0.15, -0.1) is 0 Å². The fourth-order valence-electron chi connectivity index (χ4n) is 4.57. The van der Waals surface area contributed by atoms with Crippen molar-refractivity contribution in [3.63, 3.8) is 0 Å². The smallest absolute Gasteiger partial charge is 0.306 e. The van der Waals surface area contributed by atoms with Crippen molar-refractivity contribution in [2.75, 3.05) is 6.61 Å². The Morgan fingerprint density at radius 2 is 1.22 bits per heavy atom. The molecule has 3 aromatic rings. The first-order valence-corrected chi connectivity index (χ1v) is 14.2. The average Bonchev–Trinajstić information content (AvgIpc) is 2.93. The molecule has 0 amide bonds. The third kappa shape index (κ3) is 9.39. The lowest BCUT2D eigenvalue weighted by Gasteiger charge is -2.15.